The second-order valence-corrected chi connectivity index (χ2v) is 3.09. The van der Waals surface area contributed by atoms with E-state index < -0.39 is 11.7 Å². The van der Waals surface area contributed by atoms with E-state index >= 15 is 0 Å². The maximum Gasteiger partial charge on any atom is 0.255 e. The van der Waals surface area contributed by atoms with Gasteiger partial charge in [-0.25, -0.2) is 0 Å². The standard InChI is InChI=1S/C11H14N2O3/c12-6-1-2-7-13-11(16)8-4-3-5-9(14)10(8)15/h1-5,14-15H,6-7,12H2,(H,13,16)/b2-1+. The molecule has 0 bridgehead atoms. The Morgan fingerprint density at radius 1 is 1.38 bits per heavy atom. The first-order valence-corrected chi connectivity index (χ1v) is 4.81. The second kappa shape index (κ2) is 5.77. The first-order valence-electron chi connectivity index (χ1n) is 4.81. The number of amides is 1. The van der Waals surface area contributed by atoms with Crippen LogP contribution < -0.4 is 11.1 Å². The Hall–Kier alpha value is -2.01. The molecule has 0 spiro atoms. The summed E-state index contributed by atoms with van der Waals surface area (Å²) >= 11 is 0. The summed E-state index contributed by atoms with van der Waals surface area (Å²) in [5.41, 5.74) is 5.27. The predicted octanol–water partition coefficient (Wildman–Crippen LogP) is 0.342. The van der Waals surface area contributed by atoms with Crippen molar-refractivity contribution in [1.82, 2.24) is 5.32 Å². The molecule has 5 heteroatoms. The molecule has 0 atom stereocenters. The van der Waals surface area contributed by atoms with Crippen molar-refractivity contribution in [2.24, 2.45) is 5.73 Å². The van der Waals surface area contributed by atoms with Gasteiger partial charge in [-0.2, -0.15) is 0 Å². The zero-order chi connectivity index (χ0) is 12.0. The largest absolute Gasteiger partial charge is 0.504 e. The van der Waals surface area contributed by atoms with Crippen molar-refractivity contribution in [2.75, 3.05) is 13.1 Å². The van der Waals surface area contributed by atoms with Crippen molar-refractivity contribution in [3.8, 4) is 11.5 Å². The molecule has 16 heavy (non-hydrogen) atoms. The van der Waals surface area contributed by atoms with Crippen molar-refractivity contribution >= 4 is 5.91 Å². The van der Waals surface area contributed by atoms with Crippen LogP contribution in [-0.4, -0.2) is 29.2 Å². The topological polar surface area (TPSA) is 95.6 Å². The first kappa shape index (κ1) is 12.1. The third-order valence-electron chi connectivity index (χ3n) is 1.94. The van der Waals surface area contributed by atoms with Crippen LogP contribution in [0.4, 0.5) is 0 Å². The van der Waals surface area contributed by atoms with Gasteiger partial charge in [0.25, 0.3) is 5.91 Å². The molecular formula is C11H14N2O3. The Morgan fingerprint density at radius 2 is 2.12 bits per heavy atom. The van der Waals surface area contributed by atoms with E-state index in [-0.39, 0.29) is 11.3 Å². The lowest BCUT2D eigenvalue weighted by molar-refractivity contribution is 0.0954. The molecule has 1 amide bonds. The van der Waals surface area contributed by atoms with Gasteiger partial charge in [0.2, 0.25) is 0 Å². The molecule has 1 aromatic rings. The van der Waals surface area contributed by atoms with E-state index in [2.05, 4.69) is 5.32 Å². The molecule has 5 nitrogen and oxygen atoms in total. The van der Waals surface area contributed by atoms with Crippen LogP contribution in [0, 0.1) is 0 Å². The number of phenols is 2. The fraction of sp³-hybridized carbons (Fsp3) is 0.182. The zero-order valence-electron chi connectivity index (χ0n) is 8.68. The lowest BCUT2D eigenvalue weighted by Crippen LogP contribution is -2.23. The summed E-state index contributed by atoms with van der Waals surface area (Å²) in [6, 6.07) is 4.22. The summed E-state index contributed by atoms with van der Waals surface area (Å²) < 4.78 is 0. The quantitative estimate of drug-likeness (QED) is 0.436. The van der Waals surface area contributed by atoms with Crippen LogP contribution in [0.25, 0.3) is 0 Å². The minimum atomic E-state index is -0.449. The number of hydrogen-bond donors (Lipinski definition) is 4. The summed E-state index contributed by atoms with van der Waals surface area (Å²) in [6.45, 7) is 0.734. The third kappa shape index (κ3) is 2.99. The number of rotatable bonds is 4. The summed E-state index contributed by atoms with van der Waals surface area (Å²) in [7, 11) is 0. The zero-order valence-corrected chi connectivity index (χ0v) is 8.68. The Bertz CT molecular complexity index is 402. The highest BCUT2D eigenvalue weighted by Gasteiger charge is 2.12. The number of carbonyl (C=O) groups excluding carboxylic acids is 1. The van der Waals surface area contributed by atoms with E-state index in [4.69, 9.17) is 5.73 Å². The highest BCUT2D eigenvalue weighted by molar-refractivity contribution is 5.97. The lowest BCUT2D eigenvalue weighted by Gasteiger charge is -2.05. The van der Waals surface area contributed by atoms with Crippen LogP contribution in [0.15, 0.2) is 30.4 Å². The molecule has 1 rings (SSSR count). The number of phenolic OH excluding ortho intramolecular Hbond substituents is 2. The van der Waals surface area contributed by atoms with Gasteiger partial charge in [0, 0.05) is 13.1 Å². The molecule has 0 aromatic heterocycles. The highest BCUT2D eigenvalue weighted by Crippen LogP contribution is 2.27. The van der Waals surface area contributed by atoms with E-state index in [0.717, 1.165) is 0 Å². The van der Waals surface area contributed by atoms with Gasteiger partial charge in [0.1, 0.15) is 0 Å². The molecule has 0 unspecified atom stereocenters. The molecular weight excluding hydrogens is 208 g/mol. The van der Waals surface area contributed by atoms with Gasteiger partial charge in [0.15, 0.2) is 11.5 Å². The van der Waals surface area contributed by atoms with Gasteiger partial charge in [-0.05, 0) is 12.1 Å². The van der Waals surface area contributed by atoms with Crippen molar-refractivity contribution < 1.29 is 15.0 Å². The van der Waals surface area contributed by atoms with Crippen LogP contribution in [-0.2, 0) is 0 Å². The second-order valence-electron chi connectivity index (χ2n) is 3.09. The van der Waals surface area contributed by atoms with E-state index in [9.17, 15) is 15.0 Å². The molecule has 0 aliphatic heterocycles. The number of nitrogens with one attached hydrogen (secondary N) is 1. The number of hydrogen-bond acceptors (Lipinski definition) is 4. The molecule has 86 valence electrons. The normalized spacial score (nSPS) is 10.6. The van der Waals surface area contributed by atoms with Crippen molar-refractivity contribution in [1.29, 1.82) is 0 Å². The lowest BCUT2D eigenvalue weighted by atomic mass is 10.1. The third-order valence-corrected chi connectivity index (χ3v) is 1.94. The van der Waals surface area contributed by atoms with Crippen LogP contribution in [0.3, 0.4) is 0 Å². The van der Waals surface area contributed by atoms with E-state index in [1.54, 1.807) is 12.2 Å². The minimum Gasteiger partial charge on any atom is -0.504 e. The van der Waals surface area contributed by atoms with Crippen molar-refractivity contribution in [2.45, 2.75) is 0 Å². The minimum absolute atomic E-state index is 0.0427. The number of benzene rings is 1. The van der Waals surface area contributed by atoms with Crippen molar-refractivity contribution in [3.05, 3.63) is 35.9 Å². The van der Waals surface area contributed by atoms with Gasteiger partial charge in [-0.1, -0.05) is 18.2 Å². The average molecular weight is 222 g/mol. The SMILES string of the molecule is NC/C=C/CNC(=O)c1cccc(O)c1O. The number of carbonyl (C=O) groups is 1. The fourth-order valence-electron chi connectivity index (χ4n) is 1.14. The highest BCUT2D eigenvalue weighted by atomic mass is 16.3. The van der Waals surface area contributed by atoms with Crippen LogP contribution in [0.1, 0.15) is 10.4 Å². The molecule has 0 aliphatic rings. The maximum atomic E-state index is 11.5. The Balaban J connectivity index is 2.66. The van der Waals surface area contributed by atoms with Gasteiger partial charge in [-0.15, -0.1) is 0 Å². The summed E-state index contributed by atoms with van der Waals surface area (Å²) in [6.07, 6.45) is 3.42. The predicted molar refractivity (Wildman–Crippen MR) is 60.3 cm³/mol. The van der Waals surface area contributed by atoms with Gasteiger partial charge < -0.3 is 21.3 Å². The molecule has 0 radical (unpaired) electrons. The molecule has 1 aromatic carbocycles. The Kier molecular flexibility index (Phi) is 4.35. The molecule has 0 fully saturated rings. The van der Waals surface area contributed by atoms with E-state index in [1.165, 1.54) is 18.2 Å². The summed E-state index contributed by atoms with van der Waals surface area (Å²) in [5, 5.41) is 21.2. The summed E-state index contributed by atoms with van der Waals surface area (Å²) in [5.74, 6) is -1.18. The van der Waals surface area contributed by atoms with Gasteiger partial charge in [-0.3, -0.25) is 4.79 Å². The summed E-state index contributed by atoms with van der Waals surface area (Å²) in [4.78, 5) is 11.5. The van der Waals surface area contributed by atoms with Crippen LogP contribution in [0.2, 0.25) is 0 Å². The Labute approximate surface area is 93.2 Å². The van der Waals surface area contributed by atoms with Crippen LogP contribution in [0.5, 0.6) is 11.5 Å². The monoisotopic (exact) mass is 222 g/mol. The molecule has 0 aliphatic carbocycles. The maximum absolute atomic E-state index is 11.5. The first-order chi connectivity index (χ1) is 7.66. The number of para-hydroxylation sites is 1. The van der Waals surface area contributed by atoms with E-state index in [1.807, 2.05) is 0 Å². The molecule has 5 N–H and O–H groups in total. The smallest absolute Gasteiger partial charge is 0.255 e. The Morgan fingerprint density at radius 3 is 2.81 bits per heavy atom. The number of nitrogens with two attached hydrogens (primary N) is 1. The van der Waals surface area contributed by atoms with Crippen molar-refractivity contribution in [3.63, 3.8) is 0 Å². The van der Waals surface area contributed by atoms with Crippen LogP contribution >= 0.6 is 0 Å². The number of aromatic hydroxyl groups is 2. The van der Waals surface area contributed by atoms with Gasteiger partial charge >= 0.3 is 0 Å². The average Bonchev–Trinajstić information content (AvgIpc) is 2.28. The molecule has 0 saturated heterocycles. The molecule has 0 saturated carbocycles. The molecule has 0 heterocycles. The van der Waals surface area contributed by atoms with Gasteiger partial charge in [0.05, 0.1) is 5.56 Å². The van der Waals surface area contributed by atoms with E-state index in [0.29, 0.717) is 13.1 Å². The fourth-order valence-corrected chi connectivity index (χ4v) is 1.14.